The van der Waals surface area contributed by atoms with E-state index < -0.39 is 0 Å². The Morgan fingerprint density at radius 2 is 1.84 bits per heavy atom. The maximum absolute atomic E-state index is 6.21. The molecule has 3 heteroatoms. The second-order valence-electron chi connectivity index (χ2n) is 4.78. The summed E-state index contributed by atoms with van der Waals surface area (Å²) in [5, 5.41) is 1.13. The molecule has 0 aliphatic carbocycles. The van der Waals surface area contributed by atoms with Crippen LogP contribution in [0.25, 0.3) is 0 Å². The zero-order valence-corrected chi connectivity index (χ0v) is 12.4. The summed E-state index contributed by atoms with van der Waals surface area (Å²) in [6.45, 7) is 2.09. The summed E-state index contributed by atoms with van der Waals surface area (Å²) in [7, 11) is 0. The fraction of sp³-hybridized carbons (Fsp3) is 0.250. The van der Waals surface area contributed by atoms with Gasteiger partial charge >= 0.3 is 0 Å². The number of hydrogen-bond acceptors (Lipinski definition) is 1. The van der Waals surface area contributed by atoms with E-state index in [0.717, 1.165) is 18.4 Å². The van der Waals surface area contributed by atoms with E-state index in [2.05, 4.69) is 31.2 Å². The second kappa shape index (κ2) is 6.42. The van der Waals surface area contributed by atoms with E-state index in [1.54, 1.807) is 6.07 Å². The highest BCUT2D eigenvalue weighted by Crippen LogP contribution is 2.30. The van der Waals surface area contributed by atoms with Crippen molar-refractivity contribution in [3.05, 3.63) is 69.2 Å². The molecule has 0 spiro atoms. The number of benzene rings is 2. The lowest BCUT2D eigenvalue weighted by atomic mass is 9.99. The fourth-order valence-corrected chi connectivity index (χ4v) is 2.60. The summed E-state index contributed by atoms with van der Waals surface area (Å²) < 4.78 is 0. The molecule has 19 heavy (non-hydrogen) atoms. The molecular weight excluding hydrogens is 277 g/mol. The largest absolute Gasteiger partial charge is 0.324 e. The van der Waals surface area contributed by atoms with Gasteiger partial charge in [-0.05, 0) is 37.0 Å². The Kier molecular flexibility index (Phi) is 4.87. The lowest BCUT2D eigenvalue weighted by Gasteiger charge is -2.14. The fourth-order valence-electron chi connectivity index (χ4n) is 2.15. The summed E-state index contributed by atoms with van der Waals surface area (Å²) in [6, 6.07) is 14.0. The molecule has 0 aliphatic rings. The third-order valence-electron chi connectivity index (χ3n) is 3.21. The summed E-state index contributed by atoms with van der Waals surface area (Å²) >= 11 is 12.2. The van der Waals surface area contributed by atoms with Crippen molar-refractivity contribution in [2.24, 2.45) is 5.73 Å². The zero-order chi connectivity index (χ0) is 13.8. The van der Waals surface area contributed by atoms with Crippen molar-refractivity contribution in [3.63, 3.8) is 0 Å². The van der Waals surface area contributed by atoms with E-state index in [-0.39, 0.29) is 6.04 Å². The van der Waals surface area contributed by atoms with Gasteiger partial charge in [0.15, 0.2) is 0 Å². The van der Waals surface area contributed by atoms with Gasteiger partial charge in [0, 0.05) is 6.04 Å². The van der Waals surface area contributed by atoms with Gasteiger partial charge in [-0.25, -0.2) is 0 Å². The van der Waals surface area contributed by atoms with Gasteiger partial charge in [0.25, 0.3) is 0 Å². The number of rotatable bonds is 4. The van der Waals surface area contributed by atoms with Crippen LogP contribution in [-0.2, 0) is 6.42 Å². The van der Waals surface area contributed by atoms with Gasteiger partial charge in [-0.1, -0.05) is 65.2 Å². The number of hydrogen-bond donors (Lipinski definition) is 1. The standard InChI is InChI=1S/C16H17Cl2N/c1-11-4-2-5-12(10-11)8-9-15(19)13-6-3-7-14(17)16(13)18/h2-7,10,15H,8-9,19H2,1H3. The normalized spacial score (nSPS) is 12.4. The Morgan fingerprint density at radius 3 is 2.58 bits per heavy atom. The van der Waals surface area contributed by atoms with Crippen LogP contribution < -0.4 is 5.73 Å². The molecule has 0 fully saturated rings. The highest BCUT2D eigenvalue weighted by atomic mass is 35.5. The Bertz CT molecular complexity index is 566. The maximum atomic E-state index is 6.21. The minimum atomic E-state index is -0.0910. The van der Waals surface area contributed by atoms with Gasteiger partial charge in [0.2, 0.25) is 0 Å². The molecule has 0 saturated carbocycles. The van der Waals surface area contributed by atoms with Crippen LogP contribution in [0.5, 0.6) is 0 Å². The zero-order valence-electron chi connectivity index (χ0n) is 10.9. The van der Waals surface area contributed by atoms with Crippen LogP contribution in [0.2, 0.25) is 10.0 Å². The molecule has 0 aliphatic heterocycles. The molecule has 2 aromatic carbocycles. The average Bonchev–Trinajstić information content (AvgIpc) is 2.39. The molecule has 100 valence electrons. The highest BCUT2D eigenvalue weighted by Gasteiger charge is 2.12. The summed E-state index contributed by atoms with van der Waals surface area (Å²) in [4.78, 5) is 0. The Morgan fingerprint density at radius 1 is 1.11 bits per heavy atom. The lowest BCUT2D eigenvalue weighted by molar-refractivity contribution is 0.651. The third-order valence-corrected chi connectivity index (χ3v) is 4.04. The number of halogens is 2. The van der Waals surface area contributed by atoms with Crippen molar-refractivity contribution in [1.82, 2.24) is 0 Å². The van der Waals surface area contributed by atoms with Gasteiger partial charge in [-0.3, -0.25) is 0 Å². The first-order chi connectivity index (χ1) is 9.08. The van der Waals surface area contributed by atoms with Gasteiger partial charge < -0.3 is 5.73 Å². The van der Waals surface area contributed by atoms with Gasteiger partial charge in [-0.15, -0.1) is 0 Å². The molecule has 1 atom stereocenters. The Labute approximate surface area is 124 Å². The maximum Gasteiger partial charge on any atom is 0.0640 e. The predicted octanol–water partition coefficient (Wildman–Crippen LogP) is 4.93. The van der Waals surface area contributed by atoms with Crippen LogP contribution in [-0.4, -0.2) is 0 Å². The lowest BCUT2D eigenvalue weighted by Crippen LogP contribution is -2.12. The first kappa shape index (κ1) is 14.4. The monoisotopic (exact) mass is 293 g/mol. The van der Waals surface area contributed by atoms with Crippen molar-refractivity contribution in [1.29, 1.82) is 0 Å². The third kappa shape index (κ3) is 3.73. The van der Waals surface area contributed by atoms with Crippen molar-refractivity contribution in [2.45, 2.75) is 25.8 Å². The number of nitrogens with two attached hydrogens (primary N) is 1. The Balaban J connectivity index is 2.05. The highest BCUT2D eigenvalue weighted by molar-refractivity contribution is 6.42. The molecule has 2 N–H and O–H groups in total. The second-order valence-corrected chi connectivity index (χ2v) is 5.56. The molecule has 2 rings (SSSR count). The molecule has 0 amide bonds. The predicted molar refractivity (Wildman–Crippen MR) is 82.9 cm³/mol. The van der Waals surface area contributed by atoms with Crippen LogP contribution in [0.4, 0.5) is 0 Å². The average molecular weight is 294 g/mol. The van der Waals surface area contributed by atoms with Gasteiger partial charge in [0.1, 0.15) is 0 Å². The van der Waals surface area contributed by atoms with E-state index in [1.165, 1.54) is 11.1 Å². The first-order valence-corrected chi connectivity index (χ1v) is 7.08. The molecule has 1 unspecified atom stereocenters. The van der Waals surface area contributed by atoms with Crippen molar-refractivity contribution >= 4 is 23.2 Å². The smallest absolute Gasteiger partial charge is 0.0640 e. The van der Waals surface area contributed by atoms with Crippen molar-refractivity contribution in [2.75, 3.05) is 0 Å². The van der Waals surface area contributed by atoms with Crippen LogP contribution >= 0.6 is 23.2 Å². The van der Waals surface area contributed by atoms with E-state index in [1.807, 2.05) is 12.1 Å². The van der Waals surface area contributed by atoms with Gasteiger partial charge in [0.05, 0.1) is 10.0 Å². The minimum Gasteiger partial charge on any atom is -0.324 e. The molecule has 0 saturated heterocycles. The quantitative estimate of drug-likeness (QED) is 0.849. The van der Waals surface area contributed by atoms with Gasteiger partial charge in [-0.2, -0.15) is 0 Å². The summed E-state index contributed by atoms with van der Waals surface area (Å²) in [6.07, 6.45) is 1.79. The molecule has 0 aromatic heterocycles. The van der Waals surface area contributed by atoms with Crippen LogP contribution in [0.3, 0.4) is 0 Å². The van der Waals surface area contributed by atoms with E-state index in [9.17, 15) is 0 Å². The van der Waals surface area contributed by atoms with Crippen LogP contribution in [0.1, 0.15) is 29.2 Å². The van der Waals surface area contributed by atoms with E-state index in [4.69, 9.17) is 28.9 Å². The molecule has 2 aromatic rings. The molecular formula is C16H17Cl2N. The molecule has 1 nitrogen and oxygen atoms in total. The molecule has 0 bridgehead atoms. The van der Waals surface area contributed by atoms with Crippen LogP contribution in [0, 0.1) is 6.92 Å². The van der Waals surface area contributed by atoms with Crippen LogP contribution in [0.15, 0.2) is 42.5 Å². The Hall–Kier alpha value is -1.02. The molecule has 0 radical (unpaired) electrons. The van der Waals surface area contributed by atoms with Crippen molar-refractivity contribution in [3.8, 4) is 0 Å². The van der Waals surface area contributed by atoms with Crippen molar-refractivity contribution < 1.29 is 0 Å². The summed E-state index contributed by atoms with van der Waals surface area (Å²) in [5.74, 6) is 0. The molecule has 0 heterocycles. The SMILES string of the molecule is Cc1cccc(CCC(N)c2cccc(Cl)c2Cl)c1. The summed E-state index contributed by atoms with van der Waals surface area (Å²) in [5.41, 5.74) is 9.70. The number of aryl methyl sites for hydroxylation is 2. The van der Waals surface area contributed by atoms with E-state index in [0.29, 0.717) is 10.0 Å². The van der Waals surface area contributed by atoms with E-state index >= 15 is 0 Å². The topological polar surface area (TPSA) is 26.0 Å². The first-order valence-electron chi connectivity index (χ1n) is 6.33. The minimum absolute atomic E-state index is 0.0910.